The van der Waals surface area contributed by atoms with Gasteiger partial charge in [-0.1, -0.05) is 30.3 Å². The lowest BCUT2D eigenvalue weighted by atomic mass is 9.94. The Labute approximate surface area is 113 Å². The maximum Gasteiger partial charge on any atom is 0.244 e. The quantitative estimate of drug-likeness (QED) is 0.805. The van der Waals surface area contributed by atoms with E-state index < -0.39 is 5.60 Å². The minimum absolute atomic E-state index is 0.191. The standard InChI is InChI=1S/C15H19NO3/c17-14(7-6-13-4-2-1-3-5-13)16-12-15(18)8-10-19-11-9-15/h1-7,18H,8-12H2,(H,16,17). The molecule has 1 aromatic carbocycles. The molecule has 1 saturated heterocycles. The molecule has 4 nitrogen and oxygen atoms in total. The third-order valence-electron chi connectivity index (χ3n) is 3.24. The number of benzene rings is 1. The van der Waals surface area contributed by atoms with Crippen LogP contribution >= 0.6 is 0 Å². The number of amides is 1. The van der Waals surface area contributed by atoms with Crippen LogP contribution in [0.4, 0.5) is 0 Å². The molecule has 1 heterocycles. The van der Waals surface area contributed by atoms with E-state index in [1.54, 1.807) is 6.08 Å². The summed E-state index contributed by atoms with van der Waals surface area (Å²) in [5.41, 5.74) is 0.150. The zero-order chi connectivity index (χ0) is 13.6. The predicted octanol–water partition coefficient (Wildman–Crippen LogP) is 1.36. The highest BCUT2D eigenvalue weighted by atomic mass is 16.5. The molecular formula is C15H19NO3. The molecule has 0 spiro atoms. The number of ether oxygens (including phenoxy) is 1. The topological polar surface area (TPSA) is 58.6 Å². The third kappa shape index (κ3) is 4.50. The normalized spacial score (nSPS) is 18.4. The minimum Gasteiger partial charge on any atom is -0.388 e. The average Bonchev–Trinajstić information content (AvgIpc) is 2.45. The van der Waals surface area contributed by atoms with Gasteiger partial charge in [0.25, 0.3) is 0 Å². The van der Waals surface area contributed by atoms with Gasteiger partial charge in [0, 0.05) is 38.7 Å². The van der Waals surface area contributed by atoms with Crippen molar-refractivity contribution in [2.75, 3.05) is 19.8 Å². The van der Waals surface area contributed by atoms with Crippen molar-refractivity contribution in [3.63, 3.8) is 0 Å². The highest BCUT2D eigenvalue weighted by Crippen LogP contribution is 2.19. The molecule has 0 unspecified atom stereocenters. The highest BCUT2D eigenvalue weighted by molar-refractivity contribution is 5.91. The Morgan fingerprint density at radius 2 is 2.00 bits per heavy atom. The Hall–Kier alpha value is -1.65. The van der Waals surface area contributed by atoms with Crippen molar-refractivity contribution in [2.24, 2.45) is 0 Å². The molecule has 102 valence electrons. The molecule has 0 bridgehead atoms. The van der Waals surface area contributed by atoms with Crippen LogP contribution in [0.25, 0.3) is 6.08 Å². The van der Waals surface area contributed by atoms with E-state index in [0.29, 0.717) is 26.1 Å². The second-order valence-electron chi connectivity index (χ2n) is 4.80. The van der Waals surface area contributed by atoms with Crippen molar-refractivity contribution in [3.8, 4) is 0 Å². The van der Waals surface area contributed by atoms with Crippen molar-refractivity contribution in [1.82, 2.24) is 5.32 Å². The molecule has 2 rings (SSSR count). The fourth-order valence-electron chi connectivity index (χ4n) is 1.97. The van der Waals surface area contributed by atoms with Gasteiger partial charge >= 0.3 is 0 Å². The van der Waals surface area contributed by atoms with Gasteiger partial charge in [-0.3, -0.25) is 4.79 Å². The first-order chi connectivity index (χ1) is 9.18. The van der Waals surface area contributed by atoms with Crippen LogP contribution in [0.15, 0.2) is 36.4 Å². The zero-order valence-electron chi connectivity index (χ0n) is 10.8. The Balaban J connectivity index is 1.80. The number of rotatable bonds is 4. The predicted molar refractivity (Wildman–Crippen MR) is 73.5 cm³/mol. The van der Waals surface area contributed by atoms with Gasteiger partial charge in [0.1, 0.15) is 0 Å². The maximum absolute atomic E-state index is 11.7. The highest BCUT2D eigenvalue weighted by Gasteiger charge is 2.29. The molecular weight excluding hydrogens is 242 g/mol. The van der Waals surface area contributed by atoms with E-state index in [0.717, 1.165) is 5.56 Å². The van der Waals surface area contributed by atoms with E-state index in [1.807, 2.05) is 30.3 Å². The van der Waals surface area contributed by atoms with Crippen LogP contribution in [0.1, 0.15) is 18.4 Å². The molecule has 1 aliphatic heterocycles. The summed E-state index contributed by atoms with van der Waals surface area (Å²) in [6.07, 6.45) is 4.37. The Kier molecular flexibility index (Phi) is 4.71. The van der Waals surface area contributed by atoms with Crippen molar-refractivity contribution < 1.29 is 14.6 Å². The van der Waals surface area contributed by atoms with Gasteiger partial charge in [0.15, 0.2) is 0 Å². The summed E-state index contributed by atoms with van der Waals surface area (Å²) in [5.74, 6) is -0.191. The lowest BCUT2D eigenvalue weighted by Crippen LogP contribution is -2.46. The number of carbonyl (C=O) groups is 1. The van der Waals surface area contributed by atoms with Crippen LogP contribution in [0, 0.1) is 0 Å². The molecule has 1 aliphatic rings. The first kappa shape index (κ1) is 13.8. The second-order valence-corrected chi connectivity index (χ2v) is 4.80. The SMILES string of the molecule is O=C(C=Cc1ccccc1)NCC1(O)CCOCC1. The van der Waals surface area contributed by atoms with Crippen molar-refractivity contribution >= 4 is 12.0 Å². The van der Waals surface area contributed by atoms with Gasteiger partial charge in [0.2, 0.25) is 5.91 Å². The lowest BCUT2D eigenvalue weighted by Gasteiger charge is -2.31. The van der Waals surface area contributed by atoms with Crippen molar-refractivity contribution in [3.05, 3.63) is 42.0 Å². The second kappa shape index (κ2) is 6.50. The summed E-state index contributed by atoms with van der Waals surface area (Å²) < 4.78 is 5.19. The number of aliphatic hydroxyl groups is 1. The molecule has 0 aromatic heterocycles. The van der Waals surface area contributed by atoms with Crippen LogP contribution in [0.3, 0.4) is 0 Å². The number of hydrogen-bond acceptors (Lipinski definition) is 3. The lowest BCUT2D eigenvalue weighted by molar-refractivity contribution is -0.119. The van der Waals surface area contributed by atoms with Crippen molar-refractivity contribution in [1.29, 1.82) is 0 Å². The number of carbonyl (C=O) groups excluding carboxylic acids is 1. The van der Waals surface area contributed by atoms with Crippen LogP contribution in [-0.2, 0) is 9.53 Å². The van der Waals surface area contributed by atoms with Crippen LogP contribution in [-0.4, -0.2) is 36.4 Å². The van der Waals surface area contributed by atoms with Crippen LogP contribution in [0.5, 0.6) is 0 Å². The Morgan fingerprint density at radius 3 is 2.68 bits per heavy atom. The van der Waals surface area contributed by atoms with E-state index in [2.05, 4.69) is 5.32 Å². The number of hydrogen-bond donors (Lipinski definition) is 2. The third-order valence-corrected chi connectivity index (χ3v) is 3.24. The van der Waals surface area contributed by atoms with E-state index in [9.17, 15) is 9.90 Å². The summed E-state index contributed by atoms with van der Waals surface area (Å²) >= 11 is 0. The van der Waals surface area contributed by atoms with Gasteiger partial charge in [-0.15, -0.1) is 0 Å². The Bertz CT molecular complexity index is 436. The summed E-state index contributed by atoms with van der Waals surface area (Å²) in [6, 6.07) is 9.62. The smallest absolute Gasteiger partial charge is 0.244 e. The average molecular weight is 261 g/mol. The van der Waals surface area contributed by atoms with E-state index in [4.69, 9.17) is 4.74 Å². The molecule has 19 heavy (non-hydrogen) atoms. The summed E-state index contributed by atoms with van der Waals surface area (Å²) in [6.45, 7) is 1.37. The first-order valence-corrected chi connectivity index (χ1v) is 6.49. The molecule has 0 aliphatic carbocycles. The van der Waals surface area contributed by atoms with Crippen molar-refractivity contribution in [2.45, 2.75) is 18.4 Å². The molecule has 2 N–H and O–H groups in total. The summed E-state index contributed by atoms with van der Waals surface area (Å²) in [5, 5.41) is 12.9. The molecule has 1 aromatic rings. The zero-order valence-corrected chi connectivity index (χ0v) is 10.8. The van der Waals surface area contributed by atoms with Gasteiger partial charge in [-0.25, -0.2) is 0 Å². The van der Waals surface area contributed by atoms with Gasteiger partial charge in [-0.05, 0) is 11.6 Å². The molecule has 0 saturated carbocycles. The molecule has 0 radical (unpaired) electrons. The van der Waals surface area contributed by atoms with Gasteiger partial charge < -0.3 is 15.2 Å². The van der Waals surface area contributed by atoms with Crippen LogP contribution in [0.2, 0.25) is 0 Å². The summed E-state index contributed by atoms with van der Waals surface area (Å²) in [4.78, 5) is 11.7. The minimum atomic E-state index is -0.825. The van der Waals surface area contributed by atoms with E-state index >= 15 is 0 Å². The van der Waals surface area contributed by atoms with Crippen LogP contribution < -0.4 is 5.32 Å². The van der Waals surface area contributed by atoms with E-state index in [-0.39, 0.29) is 12.5 Å². The summed E-state index contributed by atoms with van der Waals surface area (Å²) in [7, 11) is 0. The molecule has 4 heteroatoms. The molecule has 1 amide bonds. The maximum atomic E-state index is 11.7. The fourth-order valence-corrected chi connectivity index (χ4v) is 1.97. The van der Waals surface area contributed by atoms with Gasteiger partial charge in [0.05, 0.1) is 5.60 Å². The molecule has 1 fully saturated rings. The largest absolute Gasteiger partial charge is 0.388 e. The number of nitrogens with one attached hydrogen (secondary N) is 1. The Morgan fingerprint density at radius 1 is 1.32 bits per heavy atom. The first-order valence-electron chi connectivity index (χ1n) is 6.49. The fraction of sp³-hybridized carbons (Fsp3) is 0.400. The monoisotopic (exact) mass is 261 g/mol. The van der Waals surface area contributed by atoms with Gasteiger partial charge in [-0.2, -0.15) is 0 Å². The molecule has 0 atom stereocenters. The van der Waals surface area contributed by atoms with E-state index in [1.165, 1.54) is 6.08 Å².